The lowest BCUT2D eigenvalue weighted by molar-refractivity contribution is 0.608. The molecule has 4 nitrogen and oxygen atoms in total. The van der Waals surface area contributed by atoms with Crippen LogP contribution in [0.4, 0.5) is 0 Å². The molecule has 84 valence electrons. The molecule has 1 aromatic heterocycles. The van der Waals surface area contributed by atoms with E-state index in [-0.39, 0.29) is 10.8 Å². The van der Waals surface area contributed by atoms with Crippen LogP contribution in [0.5, 0.6) is 0 Å². The van der Waals surface area contributed by atoms with Gasteiger partial charge < -0.3 is 0 Å². The molecule has 15 heavy (non-hydrogen) atoms. The van der Waals surface area contributed by atoms with Crippen LogP contribution < -0.4 is 4.72 Å². The minimum Gasteiger partial charge on any atom is -0.242 e. The number of rotatable bonds is 3. The molecule has 0 spiro atoms. The van der Waals surface area contributed by atoms with Gasteiger partial charge in [-0.2, -0.15) is 10.2 Å². The second kappa shape index (κ2) is 4.81. The predicted octanol–water partition coefficient (Wildman–Crippen LogP) is 1.59. The lowest BCUT2D eigenvalue weighted by Crippen LogP contribution is -2.35. The summed E-state index contributed by atoms with van der Waals surface area (Å²) >= 11 is 0. The van der Waals surface area contributed by atoms with Crippen LogP contribution >= 0.6 is 0 Å². The van der Waals surface area contributed by atoms with Crippen molar-refractivity contribution >= 4 is 11.0 Å². The second-order valence-electron chi connectivity index (χ2n) is 4.37. The van der Waals surface area contributed by atoms with E-state index in [1.807, 2.05) is 39.8 Å². The fraction of sp³-hybridized carbons (Fsp3) is 0.600. The summed E-state index contributed by atoms with van der Waals surface area (Å²) in [6, 6.07) is 3.63. The molecule has 0 saturated carbocycles. The van der Waals surface area contributed by atoms with Gasteiger partial charge in [0.05, 0.1) is 27.5 Å². The highest BCUT2D eigenvalue weighted by atomic mass is 32.2. The van der Waals surface area contributed by atoms with Crippen LogP contribution in [0.2, 0.25) is 0 Å². The SMILES string of the molecule is C[C@@H](N[S@](=O)C(C)(C)C)c1cccnn1. The van der Waals surface area contributed by atoms with Gasteiger partial charge >= 0.3 is 0 Å². The molecule has 0 unspecified atom stereocenters. The van der Waals surface area contributed by atoms with Crippen LogP contribution in [0.25, 0.3) is 0 Å². The summed E-state index contributed by atoms with van der Waals surface area (Å²) in [5.74, 6) is 0. The second-order valence-corrected chi connectivity index (χ2v) is 6.37. The van der Waals surface area contributed by atoms with E-state index in [0.29, 0.717) is 0 Å². The van der Waals surface area contributed by atoms with Gasteiger partial charge in [-0.25, -0.2) is 8.93 Å². The molecule has 1 N–H and O–H groups in total. The Hall–Kier alpha value is -0.810. The first kappa shape index (κ1) is 12.3. The molecule has 5 heteroatoms. The first-order valence-corrected chi connectivity index (χ1v) is 6.02. The number of aromatic nitrogens is 2. The summed E-state index contributed by atoms with van der Waals surface area (Å²) < 4.78 is 14.5. The zero-order chi connectivity index (χ0) is 11.5. The Labute approximate surface area is 93.1 Å². The van der Waals surface area contributed by atoms with E-state index in [1.54, 1.807) is 6.20 Å². The first-order chi connectivity index (χ1) is 6.91. The highest BCUT2D eigenvalue weighted by molar-refractivity contribution is 7.84. The first-order valence-electron chi connectivity index (χ1n) is 4.87. The fourth-order valence-corrected chi connectivity index (χ4v) is 1.74. The van der Waals surface area contributed by atoms with E-state index >= 15 is 0 Å². The smallest absolute Gasteiger partial charge is 0.0976 e. The number of hydrogen-bond donors (Lipinski definition) is 1. The Morgan fingerprint density at radius 2 is 2.13 bits per heavy atom. The predicted molar refractivity (Wildman–Crippen MR) is 61.5 cm³/mol. The van der Waals surface area contributed by atoms with E-state index in [2.05, 4.69) is 14.9 Å². The zero-order valence-electron chi connectivity index (χ0n) is 9.52. The number of nitrogens with one attached hydrogen (secondary N) is 1. The van der Waals surface area contributed by atoms with Gasteiger partial charge in [-0.1, -0.05) is 0 Å². The Morgan fingerprint density at radius 3 is 2.60 bits per heavy atom. The van der Waals surface area contributed by atoms with Crippen molar-refractivity contribution in [1.29, 1.82) is 0 Å². The largest absolute Gasteiger partial charge is 0.242 e. The maximum atomic E-state index is 11.8. The Morgan fingerprint density at radius 1 is 1.47 bits per heavy atom. The van der Waals surface area contributed by atoms with Crippen LogP contribution in [-0.4, -0.2) is 19.2 Å². The Balaban J connectivity index is 2.65. The summed E-state index contributed by atoms with van der Waals surface area (Å²) in [5.41, 5.74) is 0.801. The summed E-state index contributed by atoms with van der Waals surface area (Å²) in [6.07, 6.45) is 1.62. The third kappa shape index (κ3) is 3.68. The van der Waals surface area contributed by atoms with Crippen molar-refractivity contribution in [3.63, 3.8) is 0 Å². The molecule has 0 saturated heterocycles. The van der Waals surface area contributed by atoms with Crippen molar-refractivity contribution in [2.75, 3.05) is 0 Å². The van der Waals surface area contributed by atoms with Crippen molar-refractivity contribution in [1.82, 2.24) is 14.9 Å². The lowest BCUT2D eigenvalue weighted by atomic mass is 10.2. The molecule has 1 aromatic rings. The third-order valence-electron chi connectivity index (χ3n) is 1.88. The molecule has 2 atom stereocenters. The molecule has 1 heterocycles. The lowest BCUT2D eigenvalue weighted by Gasteiger charge is -2.21. The van der Waals surface area contributed by atoms with Gasteiger partial charge in [0.1, 0.15) is 0 Å². The average Bonchev–Trinajstić information content (AvgIpc) is 2.17. The highest BCUT2D eigenvalue weighted by Gasteiger charge is 2.21. The number of nitrogens with zero attached hydrogens (tertiary/aromatic N) is 2. The molecule has 0 aromatic carbocycles. The summed E-state index contributed by atoms with van der Waals surface area (Å²) in [5, 5.41) is 7.75. The molecule has 0 radical (unpaired) electrons. The van der Waals surface area contributed by atoms with Gasteiger partial charge in [-0.05, 0) is 39.8 Å². The average molecular weight is 227 g/mol. The minimum atomic E-state index is -1.09. The van der Waals surface area contributed by atoms with Crippen LogP contribution in [0.15, 0.2) is 18.3 Å². The molecule has 0 amide bonds. The number of hydrogen-bond acceptors (Lipinski definition) is 3. The molecular formula is C10H17N3OS. The van der Waals surface area contributed by atoms with Crippen molar-refractivity contribution in [2.24, 2.45) is 0 Å². The molecule has 0 aliphatic rings. The van der Waals surface area contributed by atoms with E-state index in [0.717, 1.165) is 5.69 Å². The topological polar surface area (TPSA) is 54.9 Å². The maximum absolute atomic E-state index is 11.8. The molecule has 0 bridgehead atoms. The zero-order valence-corrected chi connectivity index (χ0v) is 10.3. The monoisotopic (exact) mass is 227 g/mol. The van der Waals surface area contributed by atoms with Crippen LogP contribution in [-0.2, 0) is 11.0 Å². The highest BCUT2D eigenvalue weighted by Crippen LogP contribution is 2.14. The Kier molecular flexibility index (Phi) is 3.93. The summed E-state index contributed by atoms with van der Waals surface area (Å²) in [4.78, 5) is 0. The van der Waals surface area contributed by atoms with Gasteiger partial charge in [0, 0.05) is 6.20 Å². The van der Waals surface area contributed by atoms with Gasteiger partial charge in [-0.15, -0.1) is 0 Å². The van der Waals surface area contributed by atoms with E-state index in [1.165, 1.54) is 0 Å². The summed E-state index contributed by atoms with van der Waals surface area (Å²) in [6.45, 7) is 7.71. The van der Waals surface area contributed by atoms with Crippen molar-refractivity contribution < 1.29 is 4.21 Å². The van der Waals surface area contributed by atoms with E-state index in [9.17, 15) is 4.21 Å². The third-order valence-corrected chi connectivity index (χ3v) is 3.56. The normalized spacial score (nSPS) is 16.0. The van der Waals surface area contributed by atoms with Crippen LogP contribution in [0, 0.1) is 0 Å². The van der Waals surface area contributed by atoms with Crippen LogP contribution in [0.1, 0.15) is 39.4 Å². The standard InChI is InChI=1S/C10H17N3OS/c1-8(9-6-5-7-11-12-9)13-15(14)10(2,3)4/h5-8,13H,1-4H3/t8-,15-/m1/s1. The molecular weight excluding hydrogens is 210 g/mol. The van der Waals surface area contributed by atoms with E-state index < -0.39 is 11.0 Å². The minimum absolute atomic E-state index is 0.0567. The summed E-state index contributed by atoms with van der Waals surface area (Å²) in [7, 11) is -1.09. The van der Waals surface area contributed by atoms with Gasteiger partial charge in [-0.3, -0.25) is 0 Å². The van der Waals surface area contributed by atoms with Gasteiger partial charge in [0.25, 0.3) is 0 Å². The van der Waals surface area contributed by atoms with Crippen molar-refractivity contribution in [2.45, 2.75) is 38.5 Å². The fourth-order valence-electron chi connectivity index (χ4n) is 0.942. The maximum Gasteiger partial charge on any atom is 0.0976 e. The molecule has 0 aliphatic heterocycles. The van der Waals surface area contributed by atoms with Crippen molar-refractivity contribution in [3.05, 3.63) is 24.0 Å². The van der Waals surface area contributed by atoms with Crippen LogP contribution in [0.3, 0.4) is 0 Å². The molecule has 0 aliphatic carbocycles. The van der Waals surface area contributed by atoms with Gasteiger partial charge in [0.15, 0.2) is 0 Å². The molecule has 1 rings (SSSR count). The van der Waals surface area contributed by atoms with Gasteiger partial charge in [0.2, 0.25) is 0 Å². The molecule has 0 fully saturated rings. The Bertz CT molecular complexity index is 334. The van der Waals surface area contributed by atoms with Crippen molar-refractivity contribution in [3.8, 4) is 0 Å². The van der Waals surface area contributed by atoms with E-state index in [4.69, 9.17) is 0 Å². The quantitative estimate of drug-likeness (QED) is 0.853.